The van der Waals surface area contributed by atoms with Gasteiger partial charge in [0.2, 0.25) is 0 Å². The molecule has 19 heavy (non-hydrogen) atoms. The lowest BCUT2D eigenvalue weighted by Gasteiger charge is -2.06. The van der Waals surface area contributed by atoms with Crippen molar-refractivity contribution in [1.82, 2.24) is 14.9 Å². The molecule has 4 nitrogen and oxygen atoms in total. The summed E-state index contributed by atoms with van der Waals surface area (Å²) in [5.74, 6) is -0.872. The highest BCUT2D eigenvalue weighted by atomic mass is 35.5. The molecule has 102 valence electrons. The summed E-state index contributed by atoms with van der Waals surface area (Å²) in [7, 11) is 0. The average Bonchev–Trinajstić information content (AvgIpc) is 2.88. The van der Waals surface area contributed by atoms with Crippen LogP contribution in [-0.4, -0.2) is 22.0 Å². The summed E-state index contributed by atoms with van der Waals surface area (Å²) in [5, 5.41) is 2.69. The first-order valence-corrected chi connectivity index (χ1v) is 5.76. The minimum absolute atomic E-state index is 0. The van der Waals surface area contributed by atoms with Crippen LogP contribution in [0.1, 0.15) is 16.8 Å². The van der Waals surface area contributed by atoms with Crippen LogP contribution in [0, 0.1) is 5.82 Å². The number of nitrogens with one attached hydrogen (secondary N) is 1. The van der Waals surface area contributed by atoms with Crippen molar-refractivity contribution < 1.29 is 9.18 Å². The van der Waals surface area contributed by atoms with E-state index >= 15 is 0 Å². The minimum Gasteiger partial charge on any atom is -0.352 e. The molecule has 0 fully saturated rings. The molecular formula is C13H15ClFN3O. The van der Waals surface area contributed by atoms with Crippen LogP contribution in [0.25, 0.3) is 0 Å². The average molecular weight is 284 g/mol. The third kappa shape index (κ3) is 4.37. The Hall–Kier alpha value is -1.88. The van der Waals surface area contributed by atoms with Crippen molar-refractivity contribution in [3.8, 4) is 0 Å². The topological polar surface area (TPSA) is 46.9 Å². The van der Waals surface area contributed by atoms with E-state index in [0.29, 0.717) is 6.54 Å². The highest BCUT2D eigenvalue weighted by Crippen LogP contribution is 2.05. The number of rotatable bonds is 5. The van der Waals surface area contributed by atoms with Crippen molar-refractivity contribution in [2.24, 2.45) is 0 Å². The van der Waals surface area contributed by atoms with E-state index in [4.69, 9.17) is 0 Å². The van der Waals surface area contributed by atoms with Crippen LogP contribution in [-0.2, 0) is 6.54 Å². The molecule has 0 saturated carbocycles. The molecule has 1 aromatic heterocycles. The van der Waals surface area contributed by atoms with Crippen molar-refractivity contribution in [3.05, 3.63) is 54.4 Å². The van der Waals surface area contributed by atoms with E-state index < -0.39 is 5.82 Å². The molecule has 1 aromatic carbocycles. The quantitative estimate of drug-likeness (QED) is 0.856. The van der Waals surface area contributed by atoms with Crippen molar-refractivity contribution in [2.45, 2.75) is 13.0 Å². The molecule has 2 rings (SSSR count). The van der Waals surface area contributed by atoms with E-state index in [1.807, 2.05) is 10.8 Å². The van der Waals surface area contributed by atoms with Crippen LogP contribution >= 0.6 is 12.4 Å². The van der Waals surface area contributed by atoms with Gasteiger partial charge < -0.3 is 9.88 Å². The van der Waals surface area contributed by atoms with Gasteiger partial charge in [0.15, 0.2) is 0 Å². The van der Waals surface area contributed by atoms with Crippen molar-refractivity contribution in [1.29, 1.82) is 0 Å². The number of nitrogens with zero attached hydrogens (tertiary/aromatic N) is 2. The number of aryl methyl sites for hydroxylation is 1. The Morgan fingerprint density at radius 3 is 2.84 bits per heavy atom. The van der Waals surface area contributed by atoms with Gasteiger partial charge in [-0.3, -0.25) is 4.79 Å². The van der Waals surface area contributed by atoms with Crippen molar-refractivity contribution >= 4 is 18.3 Å². The number of hydrogen-bond acceptors (Lipinski definition) is 2. The van der Waals surface area contributed by atoms with Crippen LogP contribution in [0.2, 0.25) is 0 Å². The molecule has 0 bridgehead atoms. The van der Waals surface area contributed by atoms with Gasteiger partial charge in [-0.05, 0) is 18.6 Å². The standard InChI is InChI=1S/C13H14FN3O.ClH/c14-12-5-2-1-4-11(12)13(18)16-6-3-8-17-9-7-15-10-17;/h1-2,4-5,7,9-10H,3,6,8H2,(H,16,18);1H. The van der Waals surface area contributed by atoms with Gasteiger partial charge in [0.05, 0.1) is 11.9 Å². The van der Waals surface area contributed by atoms with Crippen LogP contribution < -0.4 is 5.32 Å². The van der Waals surface area contributed by atoms with Gasteiger partial charge in [0.1, 0.15) is 5.82 Å². The monoisotopic (exact) mass is 283 g/mol. The number of hydrogen-bond donors (Lipinski definition) is 1. The second kappa shape index (κ2) is 7.53. The second-order valence-corrected chi connectivity index (χ2v) is 3.89. The molecule has 2 aromatic rings. The van der Waals surface area contributed by atoms with E-state index in [0.717, 1.165) is 13.0 Å². The third-order valence-electron chi connectivity index (χ3n) is 2.56. The van der Waals surface area contributed by atoms with E-state index in [1.165, 1.54) is 12.1 Å². The summed E-state index contributed by atoms with van der Waals surface area (Å²) in [6, 6.07) is 5.95. The first-order valence-electron chi connectivity index (χ1n) is 5.76. The molecule has 0 aliphatic heterocycles. The normalized spacial score (nSPS) is 9.74. The second-order valence-electron chi connectivity index (χ2n) is 3.89. The molecule has 0 aliphatic rings. The van der Waals surface area contributed by atoms with Gasteiger partial charge in [0, 0.05) is 25.5 Å². The predicted octanol–water partition coefficient (Wildman–Crippen LogP) is 2.26. The Morgan fingerprint density at radius 1 is 1.37 bits per heavy atom. The number of benzene rings is 1. The largest absolute Gasteiger partial charge is 0.352 e. The number of aromatic nitrogens is 2. The molecule has 1 amide bonds. The maximum absolute atomic E-state index is 13.3. The molecular weight excluding hydrogens is 269 g/mol. The van der Waals surface area contributed by atoms with Gasteiger partial charge in [0.25, 0.3) is 5.91 Å². The lowest BCUT2D eigenvalue weighted by Crippen LogP contribution is -2.26. The molecule has 0 spiro atoms. The molecule has 1 N–H and O–H groups in total. The van der Waals surface area contributed by atoms with E-state index in [1.54, 1.807) is 24.7 Å². The lowest BCUT2D eigenvalue weighted by atomic mass is 10.2. The fourth-order valence-corrected chi connectivity index (χ4v) is 1.62. The van der Waals surface area contributed by atoms with Crippen LogP contribution in [0.15, 0.2) is 43.0 Å². The summed E-state index contributed by atoms with van der Waals surface area (Å²) < 4.78 is 15.2. The smallest absolute Gasteiger partial charge is 0.254 e. The zero-order valence-corrected chi connectivity index (χ0v) is 11.1. The van der Waals surface area contributed by atoms with Gasteiger partial charge in [-0.2, -0.15) is 0 Å². The predicted molar refractivity (Wildman–Crippen MR) is 72.8 cm³/mol. The molecule has 1 heterocycles. The fourth-order valence-electron chi connectivity index (χ4n) is 1.62. The fraction of sp³-hybridized carbons (Fsp3) is 0.231. The summed E-state index contributed by atoms with van der Waals surface area (Å²) in [5.41, 5.74) is 0.0835. The van der Waals surface area contributed by atoms with Gasteiger partial charge in [-0.15, -0.1) is 12.4 Å². The van der Waals surface area contributed by atoms with Crippen molar-refractivity contribution in [2.75, 3.05) is 6.54 Å². The van der Waals surface area contributed by atoms with Crippen LogP contribution in [0.5, 0.6) is 0 Å². The Labute approximate surface area is 117 Å². The maximum atomic E-state index is 13.3. The summed E-state index contributed by atoms with van der Waals surface area (Å²) in [6.07, 6.45) is 6.06. The Bertz CT molecular complexity index is 516. The van der Waals surface area contributed by atoms with E-state index in [-0.39, 0.29) is 23.9 Å². The Kier molecular flexibility index (Phi) is 6.02. The number of amides is 1. The molecule has 6 heteroatoms. The van der Waals surface area contributed by atoms with Crippen LogP contribution in [0.3, 0.4) is 0 Å². The number of carbonyl (C=O) groups is 1. The Balaban J connectivity index is 0.00000180. The minimum atomic E-state index is -0.496. The highest BCUT2D eigenvalue weighted by Gasteiger charge is 2.09. The first-order chi connectivity index (χ1) is 8.77. The zero-order chi connectivity index (χ0) is 12.8. The third-order valence-corrected chi connectivity index (χ3v) is 2.56. The number of halogens is 2. The highest BCUT2D eigenvalue weighted by molar-refractivity contribution is 5.94. The first kappa shape index (κ1) is 15.2. The summed E-state index contributed by atoms with van der Waals surface area (Å²) in [6.45, 7) is 1.28. The zero-order valence-electron chi connectivity index (χ0n) is 10.3. The van der Waals surface area contributed by atoms with Gasteiger partial charge in [-0.1, -0.05) is 12.1 Å². The SMILES string of the molecule is Cl.O=C(NCCCn1ccnc1)c1ccccc1F. The summed E-state index contributed by atoms with van der Waals surface area (Å²) in [4.78, 5) is 15.6. The molecule has 0 aliphatic carbocycles. The van der Waals surface area contributed by atoms with Gasteiger partial charge >= 0.3 is 0 Å². The summed E-state index contributed by atoms with van der Waals surface area (Å²) >= 11 is 0. The maximum Gasteiger partial charge on any atom is 0.254 e. The van der Waals surface area contributed by atoms with Crippen molar-refractivity contribution in [3.63, 3.8) is 0 Å². The lowest BCUT2D eigenvalue weighted by molar-refractivity contribution is 0.0948. The van der Waals surface area contributed by atoms with Gasteiger partial charge in [-0.25, -0.2) is 9.37 Å². The molecule has 0 saturated heterocycles. The Morgan fingerprint density at radius 2 is 2.16 bits per heavy atom. The van der Waals surface area contributed by atoms with E-state index in [9.17, 15) is 9.18 Å². The molecule has 0 atom stereocenters. The van der Waals surface area contributed by atoms with E-state index in [2.05, 4.69) is 10.3 Å². The molecule has 0 unspecified atom stereocenters. The number of carbonyl (C=O) groups excluding carboxylic acids is 1. The van der Waals surface area contributed by atoms with Crippen LogP contribution in [0.4, 0.5) is 4.39 Å². The number of imidazole rings is 1. The molecule has 0 radical (unpaired) electrons.